The molecule has 0 aliphatic carbocycles. The first-order valence-electron chi connectivity index (χ1n) is 11.5. The summed E-state index contributed by atoms with van der Waals surface area (Å²) in [5, 5.41) is 2.41. The molecule has 2 amide bonds. The molecule has 192 valence electrons. The number of fused-ring (bicyclic) bond motifs is 1. The van der Waals surface area contributed by atoms with Crippen LogP contribution in [-0.4, -0.2) is 48.5 Å². The first kappa shape index (κ1) is 25.7. The highest BCUT2D eigenvalue weighted by molar-refractivity contribution is 7.92. The number of nitrogens with zero attached hydrogens (tertiary/aromatic N) is 2. The number of nitrogens with one attached hydrogen (secondary N) is 1. The van der Waals surface area contributed by atoms with Gasteiger partial charge in [0.05, 0.1) is 16.1 Å². The Labute approximate surface area is 206 Å². The molecule has 1 aromatic heterocycles. The van der Waals surface area contributed by atoms with E-state index in [9.17, 15) is 31.2 Å². The van der Waals surface area contributed by atoms with Crippen molar-refractivity contribution in [1.82, 2.24) is 9.47 Å². The lowest BCUT2D eigenvalue weighted by Crippen LogP contribution is -2.39. The Morgan fingerprint density at radius 3 is 2.36 bits per heavy atom. The SMILES string of the molecule is CC1CCN(C(=O)Cn2cc(S(=O)(=O)CC(=O)Nc3ccccc3C(F)(F)F)c3ccccc32)CC1. The Kier molecular flexibility index (Phi) is 7.12. The van der Waals surface area contributed by atoms with Gasteiger partial charge in [-0.1, -0.05) is 37.3 Å². The minimum absolute atomic E-state index is 0.0600. The standard InChI is InChI=1S/C25H26F3N3O4S/c1-17-10-12-30(13-11-17)24(33)15-31-14-22(18-6-2-5-9-21(18)31)36(34,35)16-23(32)29-20-8-4-3-7-19(20)25(26,27)28/h2-9,14,17H,10-13,15-16H2,1H3,(H,29,32). The maximum atomic E-state index is 13.2. The molecule has 1 saturated heterocycles. The molecule has 0 saturated carbocycles. The monoisotopic (exact) mass is 521 g/mol. The molecule has 4 rings (SSSR count). The van der Waals surface area contributed by atoms with Crippen molar-refractivity contribution in [2.45, 2.75) is 37.4 Å². The molecule has 3 aromatic rings. The molecule has 0 spiro atoms. The van der Waals surface area contributed by atoms with Crippen LogP contribution in [0.3, 0.4) is 0 Å². The minimum Gasteiger partial charge on any atom is -0.341 e. The molecule has 1 fully saturated rings. The number of carbonyl (C=O) groups excluding carboxylic acids is 2. The third kappa shape index (κ3) is 5.56. The van der Waals surface area contributed by atoms with E-state index in [0.717, 1.165) is 25.0 Å². The van der Waals surface area contributed by atoms with Crippen molar-refractivity contribution < 1.29 is 31.2 Å². The summed E-state index contributed by atoms with van der Waals surface area (Å²) in [7, 11) is -4.24. The number of benzene rings is 2. The zero-order valence-electron chi connectivity index (χ0n) is 19.6. The predicted octanol–water partition coefficient (Wildman–Crippen LogP) is 4.33. The molecule has 7 nitrogen and oxygen atoms in total. The molecular formula is C25H26F3N3O4S. The summed E-state index contributed by atoms with van der Waals surface area (Å²) in [6, 6.07) is 11.0. The van der Waals surface area contributed by atoms with Gasteiger partial charge in [0.25, 0.3) is 0 Å². The Bertz CT molecular complexity index is 1390. The van der Waals surface area contributed by atoms with Crippen molar-refractivity contribution >= 4 is 38.2 Å². The summed E-state index contributed by atoms with van der Waals surface area (Å²) in [6.45, 7) is 3.36. The van der Waals surface area contributed by atoms with Gasteiger partial charge in [-0.3, -0.25) is 9.59 Å². The van der Waals surface area contributed by atoms with Crippen LogP contribution in [0.25, 0.3) is 10.9 Å². The number of rotatable bonds is 6. The molecule has 1 aliphatic rings. The van der Waals surface area contributed by atoms with E-state index < -0.39 is 38.9 Å². The molecule has 0 unspecified atom stereocenters. The molecule has 2 aromatic carbocycles. The summed E-state index contributed by atoms with van der Waals surface area (Å²) in [5.41, 5.74) is -1.08. The summed E-state index contributed by atoms with van der Waals surface area (Å²) in [5.74, 6) is -1.73. The van der Waals surface area contributed by atoms with Crippen LogP contribution < -0.4 is 5.32 Å². The van der Waals surface area contributed by atoms with Crippen LogP contribution >= 0.6 is 0 Å². The van der Waals surface area contributed by atoms with Crippen molar-refractivity contribution in [2.24, 2.45) is 5.92 Å². The van der Waals surface area contributed by atoms with E-state index >= 15 is 0 Å². The summed E-state index contributed by atoms with van der Waals surface area (Å²) in [6.07, 6.45) is -1.58. The van der Waals surface area contributed by atoms with Gasteiger partial charge in [0.1, 0.15) is 12.3 Å². The number of aromatic nitrogens is 1. The number of alkyl halides is 3. The zero-order chi connectivity index (χ0) is 26.1. The molecule has 11 heteroatoms. The Morgan fingerprint density at radius 2 is 1.67 bits per heavy atom. The lowest BCUT2D eigenvalue weighted by atomic mass is 9.99. The lowest BCUT2D eigenvalue weighted by molar-refractivity contribution is -0.137. The van der Waals surface area contributed by atoms with Crippen molar-refractivity contribution in [3.63, 3.8) is 0 Å². The average molecular weight is 522 g/mol. The van der Waals surface area contributed by atoms with Crippen LogP contribution in [0.1, 0.15) is 25.3 Å². The summed E-state index contributed by atoms with van der Waals surface area (Å²) in [4.78, 5) is 27.0. The third-order valence-electron chi connectivity index (χ3n) is 6.36. The van der Waals surface area contributed by atoms with E-state index in [1.54, 1.807) is 33.7 Å². The van der Waals surface area contributed by atoms with E-state index in [2.05, 4.69) is 12.2 Å². The third-order valence-corrected chi connectivity index (χ3v) is 7.99. The maximum Gasteiger partial charge on any atom is 0.418 e. The van der Waals surface area contributed by atoms with E-state index in [4.69, 9.17) is 0 Å². The topological polar surface area (TPSA) is 88.5 Å². The predicted molar refractivity (Wildman–Crippen MR) is 129 cm³/mol. The highest BCUT2D eigenvalue weighted by Crippen LogP contribution is 2.34. The van der Waals surface area contributed by atoms with E-state index in [1.807, 2.05) is 0 Å². The number of hydrogen-bond donors (Lipinski definition) is 1. The number of para-hydroxylation sites is 2. The normalized spacial score (nSPS) is 15.3. The van der Waals surface area contributed by atoms with Crippen LogP contribution in [0.2, 0.25) is 0 Å². The molecule has 36 heavy (non-hydrogen) atoms. The molecule has 0 atom stereocenters. The second kappa shape index (κ2) is 9.96. The number of halogens is 3. The number of likely N-dealkylation sites (tertiary alicyclic amines) is 1. The second-order valence-electron chi connectivity index (χ2n) is 9.05. The second-order valence-corrected chi connectivity index (χ2v) is 11.0. The van der Waals surface area contributed by atoms with E-state index in [-0.39, 0.29) is 17.3 Å². The smallest absolute Gasteiger partial charge is 0.341 e. The van der Waals surface area contributed by atoms with Gasteiger partial charge in [0, 0.05) is 30.2 Å². The number of anilines is 1. The Morgan fingerprint density at radius 1 is 1.03 bits per heavy atom. The Hall–Kier alpha value is -3.34. The zero-order valence-corrected chi connectivity index (χ0v) is 20.4. The highest BCUT2D eigenvalue weighted by atomic mass is 32.2. The lowest BCUT2D eigenvalue weighted by Gasteiger charge is -2.30. The fourth-order valence-electron chi connectivity index (χ4n) is 4.37. The molecule has 1 aliphatic heterocycles. The van der Waals surface area contributed by atoms with Gasteiger partial charge in [-0.2, -0.15) is 13.2 Å². The highest BCUT2D eigenvalue weighted by Gasteiger charge is 2.34. The number of sulfone groups is 1. The number of carbonyl (C=O) groups is 2. The Balaban J connectivity index is 1.57. The van der Waals surface area contributed by atoms with Crippen LogP contribution in [0.5, 0.6) is 0 Å². The van der Waals surface area contributed by atoms with Gasteiger partial charge in [0.15, 0.2) is 9.84 Å². The van der Waals surface area contributed by atoms with E-state index in [0.29, 0.717) is 29.9 Å². The molecule has 1 N–H and O–H groups in total. The molecule has 2 heterocycles. The number of hydrogen-bond acceptors (Lipinski definition) is 4. The van der Waals surface area contributed by atoms with E-state index in [1.165, 1.54) is 18.3 Å². The fourth-order valence-corrected chi connectivity index (χ4v) is 5.74. The van der Waals surface area contributed by atoms with Crippen LogP contribution in [-0.2, 0) is 32.1 Å². The van der Waals surface area contributed by atoms with Gasteiger partial charge in [-0.15, -0.1) is 0 Å². The minimum atomic E-state index is -4.71. The van der Waals surface area contributed by atoms with Crippen molar-refractivity contribution in [1.29, 1.82) is 0 Å². The molecule has 0 radical (unpaired) electrons. The molecular weight excluding hydrogens is 495 g/mol. The summed E-state index contributed by atoms with van der Waals surface area (Å²) < 4.78 is 67.6. The van der Waals surface area contributed by atoms with Crippen LogP contribution in [0, 0.1) is 5.92 Å². The van der Waals surface area contributed by atoms with Crippen LogP contribution in [0.4, 0.5) is 18.9 Å². The number of piperidine rings is 1. The van der Waals surface area contributed by atoms with Crippen molar-refractivity contribution in [3.05, 3.63) is 60.3 Å². The van der Waals surface area contributed by atoms with Gasteiger partial charge in [-0.05, 0) is 37.0 Å². The van der Waals surface area contributed by atoms with Gasteiger partial charge in [-0.25, -0.2) is 8.42 Å². The number of amides is 2. The summed E-state index contributed by atoms with van der Waals surface area (Å²) >= 11 is 0. The maximum absolute atomic E-state index is 13.2. The van der Waals surface area contributed by atoms with Crippen LogP contribution in [0.15, 0.2) is 59.6 Å². The quantitative estimate of drug-likeness (QED) is 0.523. The van der Waals surface area contributed by atoms with Gasteiger partial charge < -0.3 is 14.8 Å². The molecule has 0 bridgehead atoms. The fraction of sp³-hybridized carbons (Fsp3) is 0.360. The van der Waals surface area contributed by atoms with Crippen molar-refractivity contribution in [3.8, 4) is 0 Å². The van der Waals surface area contributed by atoms with Gasteiger partial charge in [0.2, 0.25) is 11.8 Å². The largest absolute Gasteiger partial charge is 0.418 e. The average Bonchev–Trinajstić information content (AvgIpc) is 3.18. The van der Waals surface area contributed by atoms with Crippen molar-refractivity contribution in [2.75, 3.05) is 24.2 Å². The van der Waals surface area contributed by atoms with Gasteiger partial charge >= 0.3 is 6.18 Å². The first-order valence-corrected chi connectivity index (χ1v) is 13.2. The first-order chi connectivity index (χ1) is 17.0.